The van der Waals surface area contributed by atoms with Crippen LogP contribution in [0.1, 0.15) is 245 Å². The van der Waals surface area contributed by atoms with E-state index in [1.807, 2.05) is 0 Å². The van der Waals surface area contributed by atoms with Crippen molar-refractivity contribution in [2.45, 2.75) is 252 Å². The SMILES string of the molecule is CCCCCCCCCCCCCCCCCCN1C=CN(CCCCCCCCCC)C1CCCCCCCCCCCC. The molecule has 1 atom stereocenters. The standard InChI is InChI=1S/C43H86N2/c1-4-7-10-13-16-19-21-22-23-24-25-26-28-31-34-37-40-45-42-41-44(39-36-33-30-18-15-12-9-6-3)43(45)38-35-32-29-27-20-17-14-11-8-5-2/h41-43H,4-40H2,1-3H3. The van der Waals surface area contributed by atoms with Crippen molar-refractivity contribution in [1.29, 1.82) is 0 Å². The van der Waals surface area contributed by atoms with Crippen LogP contribution in [0.25, 0.3) is 0 Å². The lowest BCUT2D eigenvalue weighted by atomic mass is 10.0. The van der Waals surface area contributed by atoms with Crippen LogP contribution in [0.2, 0.25) is 0 Å². The lowest BCUT2D eigenvalue weighted by Crippen LogP contribution is -2.39. The summed E-state index contributed by atoms with van der Waals surface area (Å²) in [4.78, 5) is 5.44. The molecule has 0 amide bonds. The second-order valence-corrected chi connectivity index (χ2v) is 15.0. The molecule has 0 aromatic heterocycles. The number of rotatable bonds is 37. The van der Waals surface area contributed by atoms with Crippen LogP contribution in [0.4, 0.5) is 0 Å². The first-order valence-electron chi connectivity index (χ1n) is 21.5. The van der Waals surface area contributed by atoms with Crippen molar-refractivity contribution in [2.24, 2.45) is 0 Å². The minimum atomic E-state index is 0.639. The van der Waals surface area contributed by atoms with E-state index in [0.717, 1.165) is 0 Å². The van der Waals surface area contributed by atoms with E-state index in [1.54, 1.807) is 0 Å². The number of hydrogen-bond acceptors (Lipinski definition) is 2. The molecule has 0 aromatic rings. The Morgan fingerprint density at radius 2 is 0.511 bits per heavy atom. The molecule has 1 aliphatic rings. The first-order chi connectivity index (χ1) is 22.3. The summed E-state index contributed by atoms with van der Waals surface area (Å²) in [6.07, 6.45) is 55.9. The van der Waals surface area contributed by atoms with Gasteiger partial charge in [-0.1, -0.05) is 220 Å². The Hall–Kier alpha value is -0.660. The lowest BCUT2D eigenvalue weighted by molar-refractivity contribution is 0.135. The van der Waals surface area contributed by atoms with Crippen LogP contribution in [-0.4, -0.2) is 29.1 Å². The van der Waals surface area contributed by atoms with Crippen molar-refractivity contribution in [1.82, 2.24) is 9.80 Å². The summed E-state index contributed by atoms with van der Waals surface area (Å²) >= 11 is 0. The second kappa shape index (κ2) is 34.7. The number of nitrogens with zero attached hydrogens (tertiary/aromatic N) is 2. The molecule has 0 aliphatic carbocycles. The predicted molar refractivity (Wildman–Crippen MR) is 205 cm³/mol. The van der Waals surface area contributed by atoms with Crippen molar-refractivity contribution in [2.75, 3.05) is 13.1 Å². The fourth-order valence-electron chi connectivity index (χ4n) is 7.42. The van der Waals surface area contributed by atoms with Crippen LogP contribution in [-0.2, 0) is 0 Å². The Balaban J connectivity index is 2.16. The van der Waals surface area contributed by atoms with Gasteiger partial charge in [0.1, 0.15) is 6.17 Å². The Labute approximate surface area is 286 Å². The van der Waals surface area contributed by atoms with Gasteiger partial charge in [0, 0.05) is 25.5 Å². The summed E-state index contributed by atoms with van der Waals surface area (Å²) in [5.74, 6) is 0. The third-order valence-corrected chi connectivity index (χ3v) is 10.6. The van der Waals surface area contributed by atoms with Crippen LogP contribution in [0.5, 0.6) is 0 Å². The molecule has 0 spiro atoms. The molecule has 0 radical (unpaired) electrons. The molecule has 2 heteroatoms. The molecule has 0 saturated carbocycles. The molecular formula is C43H86N2. The summed E-state index contributed by atoms with van der Waals surface area (Å²) in [5.41, 5.74) is 0. The van der Waals surface area contributed by atoms with Gasteiger partial charge in [0.15, 0.2) is 0 Å². The highest BCUT2D eigenvalue weighted by atomic mass is 15.4. The van der Waals surface area contributed by atoms with Crippen LogP contribution in [0, 0.1) is 0 Å². The van der Waals surface area contributed by atoms with E-state index >= 15 is 0 Å². The molecule has 268 valence electrons. The minimum Gasteiger partial charge on any atom is -0.356 e. The van der Waals surface area contributed by atoms with Gasteiger partial charge in [-0.15, -0.1) is 0 Å². The second-order valence-electron chi connectivity index (χ2n) is 15.0. The Morgan fingerprint density at radius 3 is 0.778 bits per heavy atom. The highest BCUT2D eigenvalue weighted by molar-refractivity contribution is 4.97. The smallest absolute Gasteiger partial charge is 0.101 e. The summed E-state index contributed by atoms with van der Waals surface area (Å²) < 4.78 is 0. The van der Waals surface area contributed by atoms with Gasteiger partial charge < -0.3 is 9.80 Å². The highest BCUT2D eigenvalue weighted by Gasteiger charge is 2.24. The zero-order chi connectivity index (χ0) is 32.3. The molecule has 0 N–H and O–H groups in total. The normalized spacial score (nSPS) is 14.8. The molecule has 2 nitrogen and oxygen atoms in total. The van der Waals surface area contributed by atoms with Crippen LogP contribution in [0.15, 0.2) is 12.4 Å². The largest absolute Gasteiger partial charge is 0.356 e. The van der Waals surface area contributed by atoms with Gasteiger partial charge >= 0.3 is 0 Å². The topological polar surface area (TPSA) is 6.48 Å². The first-order valence-corrected chi connectivity index (χ1v) is 21.5. The zero-order valence-electron chi connectivity index (χ0n) is 31.8. The molecule has 1 rings (SSSR count). The first kappa shape index (κ1) is 42.4. The van der Waals surface area contributed by atoms with Crippen molar-refractivity contribution in [3.8, 4) is 0 Å². The Kier molecular flexibility index (Phi) is 32.6. The molecule has 1 unspecified atom stereocenters. The van der Waals surface area contributed by atoms with Crippen LogP contribution in [0.3, 0.4) is 0 Å². The number of hydrogen-bond donors (Lipinski definition) is 0. The molecule has 0 fully saturated rings. The molecular weight excluding hydrogens is 544 g/mol. The van der Waals surface area contributed by atoms with E-state index < -0.39 is 0 Å². The summed E-state index contributed by atoms with van der Waals surface area (Å²) in [5, 5.41) is 0. The van der Waals surface area contributed by atoms with Crippen molar-refractivity contribution in [3.63, 3.8) is 0 Å². The molecule has 45 heavy (non-hydrogen) atoms. The summed E-state index contributed by atoms with van der Waals surface area (Å²) in [7, 11) is 0. The van der Waals surface area contributed by atoms with Crippen LogP contribution >= 0.6 is 0 Å². The van der Waals surface area contributed by atoms with Gasteiger partial charge in [0.2, 0.25) is 0 Å². The van der Waals surface area contributed by atoms with Crippen molar-refractivity contribution >= 4 is 0 Å². The van der Waals surface area contributed by atoms with E-state index in [4.69, 9.17) is 0 Å². The van der Waals surface area contributed by atoms with E-state index in [-0.39, 0.29) is 0 Å². The van der Waals surface area contributed by atoms with Gasteiger partial charge in [0.25, 0.3) is 0 Å². The van der Waals surface area contributed by atoms with Crippen molar-refractivity contribution in [3.05, 3.63) is 12.4 Å². The quantitative estimate of drug-likeness (QED) is 0.0630. The van der Waals surface area contributed by atoms with Gasteiger partial charge in [-0.3, -0.25) is 0 Å². The molecule has 0 bridgehead atoms. The molecule has 1 heterocycles. The maximum absolute atomic E-state index is 2.72. The van der Waals surface area contributed by atoms with E-state index in [0.29, 0.717) is 6.17 Å². The Morgan fingerprint density at radius 1 is 0.289 bits per heavy atom. The van der Waals surface area contributed by atoms with E-state index in [9.17, 15) is 0 Å². The Bertz CT molecular complexity index is 586. The van der Waals surface area contributed by atoms with Gasteiger partial charge in [-0.05, 0) is 25.7 Å². The average Bonchev–Trinajstić information content (AvgIpc) is 3.43. The lowest BCUT2D eigenvalue weighted by Gasteiger charge is -2.33. The third kappa shape index (κ3) is 27.0. The monoisotopic (exact) mass is 631 g/mol. The van der Waals surface area contributed by atoms with Crippen molar-refractivity contribution < 1.29 is 0 Å². The van der Waals surface area contributed by atoms with E-state index in [1.165, 1.54) is 238 Å². The average molecular weight is 631 g/mol. The third-order valence-electron chi connectivity index (χ3n) is 10.6. The maximum Gasteiger partial charge on any atom is 0.101 e. The molecule has 0 aromatic carbocycles. The maximum atomic E-state index is 2.72. The molecule has 0 saturated heterocycles. The minimum absolute atomic E-state index is 0.639. The summed E-state index contributed by atoms with van der Waals surface area (Å²) in [6.45, 7) is 9.49. The molecule has 1 aliphatic heterocycles. The highest BCUT2D eigenvalue weighted by Crippen LogP contribution is 2.24. The predicted octanol–water partition coefficient (Wildman–Crippen LogP) is 15.1. The summed E-state index contributed by atoms with van der Waals surface area (Å²) in [6, 6.07) is 0. The number of unbranched alkanes of at least 4 members (excludes halogenated alkanes) is 31. The fourth-order valence-corrected chi connectivity index (χ4v) is 7.42. The fraction of sp³-hybridized carbons (Fsp3) is 0.953. The van der Waals surface area contributed by atoms with Gasteiger partial charge in [-0.25, -0.2) is 0 Å². The van der Waals surface area contributed by atoms with Crippen LogP contribution < -0.4 is 0 Å². The zero-order valence-corrected chi connectivity index (χ0v) is 31.8. The van der Waals surface area contributed by atoms with E-state index in [2.05, 4.69) is 43.0 Å². The van der Waals surface area contributed by atoms with Gasteiger partial charge in [0.05, 0.1) is 0 Å². The van der Waals surface area contributed by atoms with Gasteiger partial charge in [-0.2, -0.15) is 0 Å².